The number of aromatic nitrogens is 3. The second-order valence-electron chi connectivity index (χ2n) is 3.77. The maximum atomic E-state index is 12.8. The smallest absolute Gasteiger partial charge is 0.381 e. The van der Waals surface area contributed by atoms with Crippen LogP contribution < -0.4 is 5.32 Å². The van der Waals surface area contributed by atoms with E-state index >= 15 is 0 Å². The largest absolute Gasteiger partial charge is 0.399 e. The van der Waals surface area contributed by atoms with Crippen molar-refractivity contribution in [1.82, 2.24) is 14.6 Å². The molecule has 4 nitrogen and oxygen atoms in total. The Morgan fingerprint density at radius 3 is 2.65 bits per heavy atom. The minimum atomic E-state index is -4.31. The summed E-state index contributed by atoms with van der Waals surface area (Å²) in [6, 6.07) is 1.42. The number of hydrogen-bond donors (Lipinski definition) is 1. The summed E-state index contributed by atoms with van der Waals surface area (Å²) >= 11 is 5.67. The number of nitrogens with one attached hydrogen (secondary N) is 1. The molecule has 0 aromatic carbocycles. The summed E-state index contributed by atoms with van der Waals surface area (Å²) in [6.45, 7) is 3.80. The fourth-order valence-electron chi connectivity index (χ4n) is 1.97. The molecule has 2 aromatic rings. The quantitative estimate of drug-likeness (QED) is 0.796. The molecule has 0 spiro atoms. The number of nitrogens with zero attached hydrogens (tertiary/aromatic N) is 3. The lowest BCUT2D eigenvalue weighted by Gasteiger charge is -2.14. The minimum Gasteiger partial charge on any atom is -0.381 e. The number of fused-ring (bicyclic) bond motifs is 3. The Morgan fingerprint density at radius 1 is 1.40 bits per heavy atom. The van der Waals surface area contributed by atoms with Crippen molar-refractivity contribution in [2.45, 2.75) is 33.4 Å². The third kappa shape index (κ3) is 2.67. The molecule has 0 aliphatic carbocycles. The molecule has 1 aliphatic heterocycles. The van der Waals surface area contributed by atoms with E-state index < -0.39 is 12.1 Å². The molecule has 20 heavy (non-hydrogen) atoms. The molecule has 0 saturated carbocycles. The average Bonchev–Trinajstić information content (AvgIpc) is 2.91. The van der Waals surface area contributed by atoms with E-state index in [9.17, 15) is 13.2 Å². The second kappa shape index (κ2) is 5.87. The summed E-state index contributed by atoms with van der Waals surface area (Å²) in [5, 5.41) is 6.62. The number of alkyl halides is 3. The van der Waals surface area contributed by atoms with Gasteiger partial charge in [0.05, 0.1) is 17.6 Å². The second-order valence-corrected chi connectivity index (χ2v) is 4.16. The fourth-order valence-corrected chi connectivity index (χ4v) is 2.15. The zero-order valence-electron chi connectivity index (χ0n) is 10.3. The van der Waals surface area contributed by atoms with Crippen LogP contribution >= 0.6 is 11.6 Å². The highest BCUT2D eigenvalue weighted by molar-refractivity contribution is 6.29. The van der Waals surface area contributed by atoms with Gasteiger partial charge >= 0.3 is 6.18 Å². The highest BCUT2D eigenvalue weighted by atomic mass is 35.5. The Morgan fingerprint density at radius 2 is 2.05 bits per heavy atom. The summed E-state index contributed by atoms with van der Waals surface area (Å²) in [5.74, 6) is -1.58. The normalized spacial score (nSPS) is 16.8. The van der Waals surface area contributed by atoms with Gasteiger partial charge < -0.3 is 5.32 Å². The van der Waals surface area contributed by atoms with E-state index in [0.29, 0.717) is 11.3 Å². The zero-order chi connectivity index (χ0) is 14.2. The van der Waals surface area contributed by atoms with E-state index in [1.807, 2.05) is 13.8 Å². The third-order valence-corrected chi connectivity index (χ3v) is 2.90. The van der Waals surface area contributed by atoms with Crippen molar-refractivity contribution < 1.29 is 13.2 Å². The van der Waals surface area contributed by atoms with Crippen LogP contribution in [0.2, 0.25) is 5.15 Å². The summed E-state index contributed by atoms with van der Waals surface area (Å²) in [4.78, 5) is 3.98. The molecule has 112 valence electrons. The molecule has 0 saturated heterocycles. The molecule has 1 aliphatic rings. The van der Waals surface area contributed by atoms with Gasteiger partial charge in [0.15, 0.2) is 10.8 Å². The maximum Gasteiger partial charge on any atom is 0.399 e. The van der Waals surface area contributed by atoms with E-state index in [1.54, 1.807) is 0 Å². The molecule has 0 fully saturated rings. The molecule has 3 heterocycles. The Balaban J connectivity index is 0.000000639. The highest BCUT2D eigenvalue weighted by Gasteiger charge is 2.46. The lowest BCUT2D eigenvalue weighted by molar-refractivity contribution is -0.147. The minimum absolute atomic E-state index is 0. The van der Waals surface area contributed by atoms with Crippen LogP contribution in [0.5, 0.6) is 0 Å². The summed E-state index contributed by atoms with van der Waals surface area (Å²) in [6.07, 6.45) is -2.95. The van der Waals surface area contributed by atoms with Gasteiger partial charge in [0, 0.05) is 12.6 Å². The molecule has 0 amide bonds. The van der Waals surface area contributed by atoms with Crippen molar-refractivity contribution in [2.75, 3.05) is 11.9 Å². The molecule has 0 bridgehead atoms. The Hall–Kier alpha value is -1.50. The van der Waals surface area contributed by atoms with Gasteiger partial charge in [-0.2, -0.15) is 18.3 Å². The lowest BCUT2D eigenvalue weighted by Crippen LogP contribution is -2.24. The highest BCUT2D eigenvalue weighted by Crippen LogP contribution is 2.42. The number of hydrogen-bond acceptors (Lipinski definition) is 3. The molecule has 8 heteroatoms. The van der Waals surface area contributed by atoms with Crippen molar-refractivity contribution in [3.8, 4) is 0 Å². The SMILES string of the molecule is C.CC.FC(F)(F)C1CNc2cnc3cc(Cl)nn3c21. The Labute approximate surface area is 120 Å². The van der Waals surface area contributed by atoms with Crippen LogP contribution in [-0.4, -0.2) is 27.3 Å². The van der Waals surface area contributed by atoms with Crippen LogP contribution in [0, 0.1) is 0 Å². The third-order valence-electron chi connectivity index (χ3n) is 2.71. The van der Waals surface area contributed by atoms with Gasteiger partial charge in [-0.05, 0) is 0 Å². The molecule has 0 radical (unpaired) electrons. The summed E-state index contributed by atoms with van der Waals surface area (Å²) < 4.78 is 39.7. The van der Waals surface area contributed by atoms with Crippen molar-refractivity contribution in [3.63, 3.8) is 0 Å². The predicted octanol–water partition coefficient (Wildman–Crippen LogP) is 4.12. The molecule has 2 aromatic heterocycles. The van der Waals surface area contributed by atoms with Crippen LogP contribution in [0.25, 0.3) is 5.65 Å². The van der Waals surface area contributed by atoms with E-state index in [2.05, 4.69) is 15.4 Å². The van der Waals surface area contributed by atoms with Gasteiger partial charge in [-0.3, -0.25) is 0 Å². The Kier molecular flexibility index (Phi) is 4.86. The van der Waals surface area contributed by atoms with Gasteiger partial charge in [-0.15, -0.1) is 0 Å². The fraction of sp³-hybridized carbons (Fsp3) is 0.500. The Bertz CT molecular complexity index is 594. The van der Waals surface area contributed by atoms with E-state index in [1.165, 1.54) is 12.3 Å². The van der Waals surface area contributed by atoms with E-state index in [0.717, 1.165) is 4.52 Å². The topological polar surface area (TPSA) is 42.2 Å². The van der Waals surface area contributed by atoms with Crippen molar-refractivity contribution in [3.05, 3.63) is 23.1 Å². The maximum absolute atomic E-state index is 12.8. The zero-order valence-corrected chi connectivity index (χ0v) is 11.0. The molecule has 1 unspecified atom stereocenters. The first-order valence-corrected chi connectivity index (χ1v) is 6.19. The first-order chi connectivity index (χ1) is 8.97. The monoisotopic (exact) mass is 308 g/mol. The predicted molar refractivity (Wildman–Crippen MR) is 73.4 cm³/mol. The number of halogens is 4. The summed E-state index contributed by atoms with van der Waals surface area (Å²) in [5.41, 5.74) is 0.723. The molecular weight excluding hydrogens is 293 g/mol. The van der Waals surface area contributed by atoms with E-state index in [-0.39, 0.29) is 24.8 Å². The van der Waals surface area contributed by atoms with Gasteiger partial charge in [0.25, 0.3) is 0 Å². The van der Waals surface area contributed by atoms with Crippen LogP contribution in [0.3, 0.4) is 0 Å². The first kappa shape index (κ1) is 16.6. The van der Waals surface area contributed by atoms with Crippen LogP contribution in [0.1, 0.15) is 32.9 Å². The van der Waals surface area contributed by atoms with Gasteiger partial charge in [-0.1, -0.05) is 32.9 Å². The van der Waals surface area contributed by atoms with Crippen molar-refractivity contribution in [1.29, 1.82) is 0 Å². The van der Waals surface area contributed by atoms with Crippen molar-refractivity contribution in [2.24, 2.45) is 0 Å². The molecular formula is C12H16ClF3N4. The first-order valence-electron chi connectivity index (χ1n) is 5.81. The van der Waals surface area contributed by atoms with Gasteiger partial charge in [-0.25, -0.2) is 9.50 Å². The molecule has 3 rings (SSSR count). The average molecular weight is 309 g/mol. The molecule has 1 atom stereocenters. The molecule has 1 N–H and O–H groups in total. The van der Waals surface area contributed by atoms with Crippen LogP contribution in [0.4, 0.5) is 18.9 Å². The number of rotatable bonds is 0. The van der Waals surface area contributed by atoms with Gasteiger partial charge in [0.1, 0.15) is 5.92 Å². The standard InChI is InChI=1S/C9H6ClF3N4.C2H6.CH4/c10-6-1-7-15-3-5-8(17(7)16-6)4(2-14-5)9(11,12)13;1-2;/h1,3-4,14H,2H2;1-2H3;1H4. The van der Waals surface area contributed by atoms with Crippen molar-refractivity contribution >= 4 is 22.9 Å². The van der Waals surface area contributed by atoms with Crippen LogP contribution in [0.15, 0.2) is 12.3 Å². The summed E-state index contributed by atoms with van der Waals surface area (Å²) in [7, 11) is 0. The van der Waals surface area contributed by atoms with Gasteiger partial charge in [0.2, 0.25) is 0 Å². The lowest BCUT2D eigenvalue weighted by atomic mass is 10.1. The number of anilines is 1. The van der Waals surface area contributed by atoms with Crippen LogP contribution in [-0.2, 0) is 0 Å². The van der Waals surface area contributed by atoms with E-state index in [4.69, 9.17) is 11.6 Å².